The van der Waals surface area contributed by atoms with Crippen LogP contribution in [0.2, 0.25) is 0 Å². The molecule has 0 heterocycles. The Bertz CT molecular complexity index is 422. The Balaban J connectivity index is 1.69. The van der Waals surface area contributed by atoms with E-state index in [1.807, 2.05) is 0 Å². The van der Waals surface area contributed by atoms with Crippen LogP contribution in [0.4, 0.5) is 0 Å². The van der Waals surface area contributed by atoms with Crippen molar-refractivity contribution in [2.24, 2.45) is 5.92 Å². The van der Waals surface area contributed by atoms with E-state index >= 15 is 0 Å². The summed E-state index contributed by atoms with van der Waals surface area (Å²) < 4.78 is 5.98. The number of rotatable bonds is 6. The molecule has 0 saturated heterocycles. The van der Waals surface area contributed by atoms with Gasteiger partial charge in [-0.15, -0.1) is 0 Å². The van der Waals surface area contributed by atoms with Crippen molar-refractivity contribution in [1.29, 1.82) is 0 Å². The molecule has 1 aliphatic rings. The minimum absolute atomic E-state index is 0.762. The van der Waals surface area contributed by atoms with Crippen molar-refractivity contribution >= 4 is 0 Å². The molecule has 0 aromatic heterocycles. The second-order valence-corrected chi connectivity index (χ2v) is 6.21. The number of hydrogen-bond acceptors (Lipinski definition) is 2. The van der Waals surface area contributed by atoms with Gasteiger partial charge >= 0.3 is 0 Å². The van der Waals surface area contributed by atoms with Gasteiger partial charge in [0.2, 0.25) is 0 Å². The first-order valence-electron chi connectivity index (χ1n) is 8.09. The molecule has 0 spiro atoms. The summed E-state index contributed by atoms with van der Waals surface area (Å²) in [6.45, 7) is 9.28. The molecule has 0 unspecified atom stereocenters. The van der Waals surface area contributed by atoms with Gasteiger partial charge in [-0.3, -0.25) is 0 Å². The summed E-state index contributed by atoms with van der Waals surface area (Å²) in [6, 6.07) is 4.31. The highest BCUT2D eigenvalue weighted by molar-refractivity contribution is 5.44. The molecule has 20 heavy (non-hydrogen) atoms. The van der Waals surface area contributed by atoms with E-state index in [2.05, 4.69) is 38.2 Å². The predicted octanol–water partition coefficient (Wildman–Crippen LogP) is 4.16. The van der Waals surface area contributed by atoms with Crippen molar-refractivity contribution in [3.63, 3.8) is 0 Å². The minimum Gasteiger partial charge on any atom is -0.492 e. The Kier molecular flexibility index (Phi) is 5.90. The number of benzene rings is 1. The van der Waals surface area contributed by atoms with Gasteiger partial charge in [0.1, 0.15) is 12.4 Å². The van der Waals surface area contributed by atoms with Gasteiger partial charge in [0.25, 0.3) is 0 Å². The summed E-state index contributed by atoms with van der Waals surface area (Å²) in [4.78, 5) is 0. The third-order valence-corrected chi connectivity index (χ3v) is 4.56. The molecule has 112 valence electrons. The topological polar surface area (TPSA) is 21.3 Å². The number of nitrogens with one attached hydrogen (secondary N) is 1. The van der Waals surface area contributed by atoms with E-state index in [1.54, 1.807) is 0 Å². The van der Waals surface area contributed by atoms with Gasteiger partial charge in [0.15, 0.2) is 0 Å². The summed E-state index contributed by atoms with van der Waals surface area (Å²) in [5, 5.41) is 3.55. The average Bonchev–Trinajstić information content (AvgIpc) is 2.47. The lowest BCUT2D eigenvalue weighted by atomic mass is 9.89. The number of hydrogen-bond donors (Lipinski definition) is 1. The van der Waals surface area contributed by atoms with Crippen molar-refractivity contribution in [2.45, 2.75) is 52.9 Å². The van der Waals surface area contributed by atoms with Crippen LogP contribution in [-0.4, -0.2) is 19.7 Å². The highest BCUT2D eigenvalue weighted by Crippen LogP contribution is 2.25. The van der Waals surface area contributed by atoms with Crippen LogP contribution in [0.5, 0.6) is 5.75 Å². The molecule has 1 fully saturated rings. The molecule has 1 aromatic rings. The number of ether oxygens (including phenoxy) is 1. The minimum atomic E-state index is 0.762. The van der Waals surface area contributed by atoms with E-state index in [9.17, 15) is 0 Å². The Morgan fingerprint density at radius 1 is 1.05 bits per heavy atom. The van der Waals surface area contributed by atoms with Crippen molar-refractivity contribution in [3.8, 4) is 5.75 Å². The highest BCUT2D eigenvalue weighted by atomic mass is 16.5. The zero-order valence-corrected chi connectivity index (χ0v) is 13.3. The van der Waals surface area contributed by atoms with Crippen molar-refractivity contribution in [2.75, 3.05) is 19.7 Å². The van der Waals surface area contributed by atoms with E-state index in [0.717, 1.165) is 31.4 Å². The summed E-state index contributed by atoms with van der Waals surface area (Å²) in [5.41, 5.74) is 3.82. The van der Waals surface area contributed by atoms with Crippen LogP contribution in [0.25, 0.3) is 0 Å². The quantitative estimate of drug-likeness (QED) is 0.787. The second-order valence-electron chi connectivity index (χ2n) is 6.21. The van der Waals surface area contributed by atoms with Crippen LogP contribution in [0, 0.1) is 26.7 Å². The Morgan fingerprint density at radius 2 is 1.75 bits per heavy atom. The smallest absolute Gasteiger partial charge is 0.125 e. The van der Waals surface area contributed by atoms with Crippen LogP contribution in [0.1, 0.15) is 48.8 Å². The van der Waals surface area contributed by atoms with Gasteiger partial charge in [-0.1, -0.05) is 31.4 Å². The zero-order valence-electron chi connectivity index (χ0n) is 13.3. The lowest BCUT2D eigenvalue weighted by Gasteiger charge is -2.22. The molecule has 2 heteroatoms. The van der Waals surface area contributed by atoms with E-state index in [4.69, 9.17) is 4.74 Å². The second kappa shape index (κ2) is 7.68. The third-order valence-electron chi connectivity index (χ3n) is 4.56. The van der Waals surface area contributed by atoms with E-state index < -0.39 is 0 Å². The van der Waals surface area contributed by atoms with Gasteiger partial charge in [-0.2, -0.15) is 0 Å². The molecule has 0 bridgehead atoms. The van der Waals surface area contributed by atoms with Gasteiger partial charge in [-0.05, 0) is 62.8 Å². The fourth-order valence-electron chi connectivity index (χ4n) is 3.07. The molecule has 0 aliphatic heterocycles. The standard InChI is InChI=1S/C18H29NO/c1-14-9-10-15(2)18(16(14)3)20-12-11-19-13-17-7-5-4-6-8-17/h9-10,17,19H,4-8,11-13H2,1-3H3. The van der Waals surface area contributed by atoms with Crippen molar-refractivity contribution < 1.29 is 4.74 Å². The highest BCUT2D eigenvalue weighted by Gasteiger charge is 2.12. The van der Waals surface area contributed by atoms with Gasteiger partial charge in [0, 0.05) is 6.54 Å². The zero-order chi connectivity index (χ0) is 14.4. The van der Waals surface area contributed by atoms with Crippen LogP contribution in [0.15, 0.2) is 12.1 Å². The molecule has 1 aromatic carbocycles. The molecule has 1 N–H and O–H groups in total. The van der Waals surface area contributed by atoms with Crippen LogP contribution >= 0.6 is 0 Å². The van der Waals surface area contributed by atoms with Crippen LogP contribution in [-0.2, 0) is 0 Å². The first-order chi connectivity index (χ1) is 9.68. The summed E-state index contributed by atoms with van der Waals surface area (Å²) in [6.07, 6.45) is 7.09. The summed E-state index contributed by atoms with van der Waals surface area (Å²) >= 11 is 0. The lowest BCUT2D eigenvalue weighted by molar-refractivity contribution is 0.292. The maximum atomic E-state index is 5.98. The molecule has 0 radical (unpaired) electrons. The van der Waals surface area contributed by atoms with E-state index in [1.165, 1.54) is 48.8 Å². The molecular formula is C18H29NO. The SMILES string of the molecule is Cc1ccc(C)c(OCCNCC2CCCCC2)c1C. The first kappa shape index (κ1) is 15.4. The maximum absolute atomic E-state index is 5.98. The largest absolute Gasteiger partial charge is 0.492 e. The molecule has 1 aliphatic carbocycles. The van der Waals surface area contributed by atoms with Crippen LogP contribution < -0.4 is 10.1 Å². The maximum Gasteiger partial charge on any atom is 0.125 e. The van der Waals surface area contributed by atoms with Gasteiger partial charge in [-0.25, -0.2) is 0 Å². The normalized spacial score (nSPS) is 16.4. The fourth-order valence-corrected chi connectivity index (χ4v) is 3.07. The Morgan fingerprint density at radius 3 is 2.50 bits per heavy atom. The average molecular weight is 275 g/mol. The molecule has 1 saturated carbocycles. The summed E-state index contributed by atoms with van der Waals surface area (Å²) in [7, 11) is 0. The lowest BCUT2D eigenvalue weighted by Crippen LogP contribution is -2.28. The summed E-state index contributed by atoms with van der Waals surface area (Å²) in [5.74, 6) is 1.97. The molecule has 0 amide bonds. The predicted molar refractivity (Wildman–Crippen MR) is 85.6 cm³/mol. The fraction of sp³-hybridized carbons (Fsp3) is 0.667. The third kappa shape index (κ3) is 4.24. The Labute approximate surface area is 123 Å². The molecular weight excluding hydrogens is 246 g/mol. The van der Waals surface area contributed by atoms with Crippen molar-refractivity contribution in [1.82, 2.24) is 5.32 Å². The van der Waals surface area contributed by atoms with Crippen LogP contribution in [0.3, 0.4) is 0 Å². The van der Waals surface area contributed by atoms with Gasteiger partial charge in [0.05, 0.1) is 0 Å². The first-order valence-corrected chi connectivity index (χ1v) is 8.09. The number of aryl methyl sites for hydroxylation is 2. The van der Waals surface area contributed by atoms with E-state index in [-0.39, 0.29) is 0 Å². The monoisotopic (exact) mass is 275 g/mol. The van der Waals surface area contributed by atoms with Gasteiger partial charge < -0.3 is 10.1 Å². The Hall–Kier alpha value is -1.02. The molecule has 2 rings (SSSR count). The van der Waals surface area contributed by atoms with Crippen molar-refractivity contribution in [3.05, 3.63) is 28.8 Å². The van der Waals surface area contributed by atoms with E-state index in [0.29, 0.717) is 0 Å². The molecule has 2 nitrogen and oxygen atoms in total. The molecule has 0 atom stereocenters.